The molecule has 1 unspecified atom stereocenters. The van der Waals surface area contributed by atoms with Gasteiger partial charge in [0.05, 0.1) is 5.25 Å². The summed E-state index contributed by atoms with van der Waals surface area (Å²) in [6.07, 6.45) is 22.5. The van der Waals surface area contributed by atoms with E-state index in [1.54, 1.807) is 0 Å². The lowest BCUT2D eigenvalue weighted by molar-refractivity contribution is 0.506. The highest BCUT2D eigenvalue weighted by Crippen LogP contribution is 2.19. The molecule has 1 atom stereocenters. The zero-order chi connectivity index (χ0) is 19.5. The van der Waals surface area contributed by atoms with Gasteiger partial charge in [0.15, 0.2) is 0 Å². The number of hydrogen-bond donors (Lipinski definition) is 0. The predicted octanol–water partition coefficient (Wildman–Crippen LogP) is 7.42. The van der Waals surface area contributed by atoms with E-state index in [4.69, 9.17) is 5.14 Å². The minimum Gasteiger partial charge on any atom is -0.211 e. The third-order valence-corrected chi connectivity index (χ3v) is 6.80. The number of hydrogen-bond acceptors (Lipinski definition) is 2. The van der Waals surface area contributed by atoms with Crippen LogP contribution in [0.15, 0.2) is 0 Å². The molecule has 0 rings (SSSR count). The van der Waals surface area contributed by atoms with Crippen molar-refractivity contribution in [3.8, 4) is 0 Å². The van der Waals surface area contributed by atoms with Gasteiger partial charge in [-0.05, 0) is 12.8 Å². The van der Waals surface area contributed by atoms with E-state index in [9.17, 15) is 8.42 Å². The van der Waals surface area contributed by atoms with Crippen LogP contribution in [-0.4, -0.2) is 13.7 Å². The Morgan fingerprint density at radius 1 is 0.538 bits per heavy atom. The highest BCUT2D eigenvalue weighted by atomic mass is 32.2. The van der Waals surface area contributed by atoms with E-state index in [2.05, 4.69) is 13.8 Å². The molecule has 0 amide bonds. The van der Waals surface area contributed by atoms with E-state index >= 15 is 0 Å². The first-order valence-corrected chi connectivity index (χ1v) is 13.1. The van der Waals surface area contributed by atoms with Crippen LogP contribution in [0.3, 0.4) is 0 Å². The van der Waals surface area contributed by atoms with Crippen molar-refractivity contribution in [2.24, 2.45) is 0 Å². The zero-order valence-corrected chi connectivity index (χ0v) is 18.6. The van der Waals surface area contributed by atoms with E-state index in [-0.39, 0.29) is 0 Å². The van der Waals surface area contributed by atoms with Crippen molar-refractivity contribution in [3.63, 3.8) is 0 Å². The van der Waals surface area contributed by atoms with Crippen molar-refractivity contribution >= 4 is 10.0 Å². The Balaban J connectivity index is 3.68. The van der Waals surface area contributed by atoms with Crippen LogP contribution in [-0.2, 0) is 10.0 Å². The summed E-state index contributed by atoms with van der Waals surface area (Å²) in [5, 5.41) is 7.04. The van der Waals surface area contributed by atoms with Crippen LogP contribution in [0, 0.1) is 0 Å². The van der Waals surface area contributed by atoms with Crippen molar-refractivity contribution in [1.29, 1.82) is 0 Å². The molecule has 0 aliphatic rings. The van der Waals surface area contributed by atoms with Crippen molar-refractivity contribution in [2.75, 3.05) is 0 Å². The number of rotatable bonds is 20. The van der Waals surface area contributed by atoms with Gasteiger partial charge in [0.25, 0.3) is 0 Å². The molecule has 26 heavy (non-hydrogen) atoms. The summed E-state index contributed by atoms with van der Waals surface area (Å²) < 4.78 is 23.4. The molecule has 0 aromatic carbocycles. The molecule has 0 saturated heterocycles. The van der Waals surface area contributed by atoms with Crippen LogP contribution in [0.25, 0.3) is 0 Å². The largest absolute Gasteiger partial charge is 0.228 e. The summed E-state index contributed by atoms with van der Waals surface area (Å²) >= 11 is 0. The summed E-state index contributed by atoms with van der Waals surface area (Å²) in [5.74, 6) is 0. The molecule has 0 aromatic rings. The molecule has 1 radical (unpaired) electrons. The van der Waals surface area contributed by atoms with Crippen LogP contribution >= 0.6 is 0 Å². The van der Waals surface area contributed by atoms with E-state index in [0.717, 1.165) is 25.7 Å². The average molecular weight is 389 g/mol. The molecular weight excluding hydrogens is 342 g/mol. The molecule has 1 N–H and O–H groups in total. The van der Waals surface area contributed by atoms with E-state index in [0.29, 0.717) is 12.8 Å². The molecule has 4 heteroatoms. The topological polar surface area (TPSA) is 57.9 Å². The van der Waals surface area contributed by atoms with Gasteiger partial charge in [-0.1, -0.05) is 123 Å². The molecule has 0 bridgehead atoms. The zero-order valence-electron chi connectivity index (χ0n) is 17.7. The van der Waals surface area contributed by atoms with Crippen LogP contribution in [0.2, 0.25) is 0 Å². The van der Waals surface area contributed by atoms with E-state index in [1.807, 2.05) is 0 Å². The predicted molar refractivity (Wildman–Crippen MR) is 115 cm³/mol. The van der Waals surface area contributed by atoms with Crippen molar-refractivity contribution in [1.82, 2.24) is 5.14 Å². The lowest BCUT2D eigenvalue weighted by atomic mass is 10.0. The Hall–Kier alpha value is -0.0900. The van der Waals surface area contributed by atoms with E-state index in [1.165, 1.54) is 83.5 Å². The molecule has 0 saturated carbocycles. The fourth-order valence-corrected chi connectivity index (χ4v) is 4.60. The fourth-order valence-electron chi connectivity index (χ4n) is 3.64. The molecule has 0 heterocycles. The van der Waals surface area contributed by atoms with Gasteiger partial charge in [0.1, 0.15) is 0 Å². The highest BCUT2D eigenvalue weighted by molar-refractivity contribution is 7.89. The maximum atomic E-state index is 11.7. The summed E-state index contributed by atoms with van der Waals surface area (Å²) in [4.78, 5) is 0. The van der Waals surface area contributed by atoms with E-state index < -0.39 is 15.3 Å². The van der Waals surface area contributed by atoms with Gasteiger partial charge in [-0.2, -0.15) is 0 Å². The summed E-state index contributed by atoms with van der Waals surface area (Å²) in [6, 6.07) is 0. The number of nitrogens with one attached hydrogen (secondary N) is 1. The third kappa shape index (κ3) is 17.3. The average Bonchev–Trinajstić information content (AvgIpc) is 2.59. The van der Waals surface area contributed by atoms with Gasteiger partial charge in [0.2, 0.25) is 10.0 Å². The van der Waals surface area contributed by atoms with Crippen LogP contribution in [0.4, 0.5) is 0 Å². The summed E-state index contributed by atoms with van der Waals surface area (Å²) in [5.41, 5.74) is 0. The number of unbranched alkanes of at least 4 members (excludes halogenated alkanes) is 15. The molecule has 0 fully saturated rings. The first-order chi connectivity index (χ1) is 12.5. The quantitative estimate of drug-likeness (QED) is 0.204. The minimum absolute atomic E-state index is 0.424. The second-order valence-corrected chi connectivity index (χ2v) is 9.80. The standard InChI is InChI=1S/C22H46NO2S/c1-3-5-7-9-11-13-15-17-19-21-22(26(23,24)25)20-18-16-14-12-10-8-6-4-2/h22-23H,3-21H2,1-2H3. The van der Waals surface area contributed by atoms with Crippen molar-refractivity contribution in [3.05, 3.63) is 0 Å². The SMILES string of the molecule is CCCCCCCCCCCC(CCCCCCCCCC)S([NH])(=O)=O. The first kappa shape index (κ1) is 25.9. The molecular formula is C22H46NO2S. The minimum atomic E-state index is -3.63. The summed E-state index contributed by atoms with van der Waals surface area (Å²) in [7, 11) is -3.63. The molecule has 3 nitrogen and oxygen atoms in total. The Morgan fingerprint density at radius 3 is 1.08 bits per heavy atom. The molecule has 0 spiro atoms. The first-order valence-electron chi connectivity index (χ1n) is 11.5. The Labute approximate surface area is 165 Å². The highest BCUT2D eigenvalue weighted by Gasteiger charge is 2.21. The maximum absolute atomic E-state index is 11.7. The Morgan fingerprint density at radius 2 is 0.808 bits per heavy atom. The number of sulfonamides is 1. The van der Waals surface area contributed by atoms with Gasteiger partial charge < -0.3 is 0 Å². The van der Waals surface area contributed by atoms with Crippen LogP contribution < -0.4 is 5.14 Å². The lowest BCUT2D eigenvalue weighted by Crippen LogP contribution is -2.21. The normalized spacial score (nSPS) is 13.2. The molecule has 157 valence electrons. The van der Waals surface area contributed by atoms with Crippen molar-refractivity contribution in [2.45, 2.75) is 141 Å². The second-order valence-electron chi connectivity index (χ2n) is 8.05. The van der Waals surface area contributed by atoms with Gasteiger partial charge in [-0.15, -0.1) is 5.14 Å². The van der Waals surface area contributed by atoms with Crippen molar-refractivity contribution < 1.29 is 8.42 Å². The van der Waals surface area contributed by atoms with Gasteiger partial charge in [0, 0.05) is 0 Å². The van der Waals surface area contributed by atoms with Gasteiger partial charge in [-0.3, -0.25) is 0 Å². The second kappa shape index (κ2) is 18.3. The van der Waals surface area contributed by atoms with Gasteiger partial charge in [-0.25, -0.2) is 8.42 Å². The summed E-state index contributed by atoms with van der Waals surface area (Å²) in [6.45, 7) is 4.47. The lowest BCUT2D eigenvalue weighted by Gasteiger charge is -2.14. The van der Waals surface area contributed by atoms with Crippen LogP contribution in [0.1, 0.15) is 136 Å². The Bertz CT molecular complexity index is 382. The molecule has 0 aliphatic carbocycles. The maximum Gasteiger partial charge on any atom is 0.228 e. The third-order valence-electron chi connectivity index (χ3n) is 5.45. The van der Waals surface area contributed by atoms with Gasteiger partial charge >= 0.3 is 0 Å². The smallest absolute Gasteiger partial charge is 0.211 e. The molecule has 0 aliphatic heterocycles. The Kier molecular flexibility index (Phi) is 18.2. The monoisotopic (exact) mass is 388 g/mol. The molecule has 0 aromatic heterocycles. The van der Waals surface area contributed by atoms with Crippen LogP contribution in [0.5, 0.6) is 0 Å². The fraction of sp³-hybridized carbons (Fsp3) is 1.00.